The molecule has 28 heavy (non-hydrogen) atoms. The maximum atomic E-state index is 13.2. The molecule has 0 radical (unpaired) electrons. The molecule has 0 unspecified atom stereocenters. The Labute approximate surface area is 168 Å². The molecule has 0 aliphatic heterocycles. The van der Waals surface area contributed by atoms with Gasteiger partial charge in [0, 0.05) is 17.5 Å². The standard InChI is InChI=1S/C20H20N2O4S2/c1-14(23)21-16-10-11-17(26-2)19(13-16)28(24,25)22-20(18-9-6-12-27-18)15-7-4-3-5-8-15/h3-13,20,22H,1-2H3,(H,21,23)/t20-/m0/s1. The van der Waals surface area contributed by atoms with Crippen molar-refractivity contribution in [3.05, 3.63) is 76.5 Å². The minimum atomic E-state index is -3.95. The van der Waals surface area contributed by atoms with Gasteiger partial charge in [0.05, 0.1) is 13.2 Å². The Balaban J connectivity index is 2.02. The molecule has 1 atom stereocenters. The van der Waals surface area contributed by atoms with E-state index in [-0.39, 0.29) is 16.6 Å². The normalized spacial score (nSPS) is 12.4. The lowest BCUT2D eigenvalue weighted by atomic mass is 10.1. The molecular weight excluding hydrogens is 396 g/mol. The molecule has 2 aromatic carbocycles. The summed E-state index contributed by atoms with van der Waals surface area (Å²) in [5, 5.41) is 4.50. The van der Waals surface area contributed by atoms with E-state index in [1.54, 1.807) is 6.07 Å². The van der Waals surface area contributed by atoms with Gasteiger partial charge in [-0.15, -0.1) is 11.3 Å². The second kappa shape index (κ2) is 8.55. The van der Waals surface area contributed by atoms with E-state index in [9.17, 15) is 13.2 Å². The monoisotopic (exact) mass is 416 g/mol. The molecule has 0 bridgehead atoms. The molecule has 146 valence electrons. The Bertz CT molecular complexity index is 1050. The van der Waals surface area contributed by atoms with Crippen LogP contribution in [0, 0.1) is 0 Å². The summed E-state index contributed by atoms with van der Waals surface area (Å²) in [6.07, 6.45) is 0. The van der Waals surface area contributed by atoms with E-state index in [1.807, 2.05) is 47.8 Å². The fourth-order valence-electron chi connectivity index (χ4n) is 2.78. The number of ether oxygens (including phenoxy) is 1. The number of anilines is 1. The van der Waals surface area contributed by atoms with E-state index in [2.05, 4.69) is 10.0 Å². The number of methoxy groups -OCH3 is 1. The average Bonchev–Trinajstić information content (AvgIpc) is 3.21. The summed E-state index contributed by atoms with van der Waals surface area (Å²) in [5.41, 5.74) is 1.20. The van der Waals surface area contributed by atoms with Gasteiger partial charge in [-0.2, -0.15) is 4.72 Å². The maximum absolute atomic E-state index is 13.2. The number of amides is 1. The molecule has 0 aliphatic carbocycles. The van der Waals surface area contributed by atoms with E-state index >= 15 is 0 Å². The average molecular weight is 417 g/mol. The van der Waals surface area contributed by atoms with Crippen molar-refractivity contribution in [3.8, 4) is 5.75 Å². The number of hydrogen-bond donors (Lipinski definition) is 2. The van der Waals surface area contributed by atoms with Gasteiger partial charge in [-0.1, -0.05) is 36.4 Å². The molecule has 1 amide bonds. The van der Waals surface area contributed by atoms with Crippen molar-refractivity contribution in [1.29, 1.82) is 0 Å². The van der Waals surface area contributed by atoms with Crippen molar-refractivity contribution < 1.29 is 17.9 Å². The van der Waals surface area contributed by atoms with Crippen LogP contribution in [-0.2, 0) is 14.8 Å². The first-order valence-corrected chi connectivity index (χ1v) is 10.8. The minimum absolute atomic E-state index is 0.0428. The lowest BCUT2D eigenvalue weighted by molar-refractivity contribution is -0.114. The van der Waals surface area contributed by atoms with Gasteiger partial charge in [0.15, 0.2) is 0 Å². The molecule has 8 heteroatoms. The van der Waals surface area contributed by atoms with Crippen LogP contribution in [0.5, 0.6) is 5.75 Å². The van der Waals surface area contributed by atoms with Crippen molar-refractivity contribution in [2.24, 2.45) is 0 Å². The quantitative estimate of drug-likeness (QED) is 0.614. The molecule has 1 heterocycles. The third-order valence-corrected chi connectivity index (χ3v) is 6.39. The molecular formula is C20H20N2O4S2. The van der Waals surface area contributed by atoms with Gasteiger partial charge < -0.3 is 10.1 Å². The van der Waals surface area contributed by atoms with Crippen LogP contribution in [0.2, 0.25) is 0 Å². The fraction of sp³-hybridized carbons (Fsp3) is 0.150. The Morgan fingerprint density at radius 2 is 1.82 bits per heavy atom. The highest BCUT2D eigenvalue weighted by molar-refractivity contribution is 7.89. The topological polar surface area (TPSA) is 84.5 Å². The fourth-order valence-corrected chi connectivity index (χ4v) is 5.05. The number of rotatable bonds is 7. The predicted molar refractivity (Wildman–Crippen MR) is 110 cm³/mol. The SMILES string of the molecule is COc1ccc(NC(C)=O)cc1S(=O)(=O)N[C@@H](c1ccccc1)c1cccs1. The lowest BCUT2D eigenvalue weighted by Crippen LogP contribution is -2.29. The van der Waals surface area contributed by atoms with E-state index in [0.717, 1.165) is 10.4 Å². The van der Waals surface area contributed by atoms with Gasteiger partial charge in [0.2, 0.25) is 15.9 Å². The number of sulfonamides is 1. The highest BCUT2D eigenvalue weighted by atomic mass is 32.2. The van der Waals surface area contributed by atoms with Crippen molar-refractivity contribution in [2.45, 2.75) is 17.9 Å². The van der Waals surface area contributed by atoms with E-state index in [4.69, 9.17) is 4.74 Å². The zero-order valence-corrected chi connectivity index (χ0v) is 17.0. The van der Waals surface area contributed by atoms with Crippen LogP contribution < -0.4 is 14.8 Å². The Morgan fingerprint density at radius 3 is 2.43 bits per heavy atom. The number of thiophene rings is 1. The summed E-state index contributed by atoms with van der Waals surface area (Å²) in [5.74, 6) is -0.0955. The van der Waals surface area contributed by atoms with Crippen molar-refractivity contribution in [3.63, 3.8) is 0 Å². The van der Waals surface area contributed by atoms with E-state index in [1.165, 1.54) is 37.5 Å². The predicted octanol–water partition coefficient (Wildman–Crippen LogP) is 3.78. The van der Waals surface area contributed by atoms with Crippen molar-refractivity contribution in [2.75, 3.05) is 12.4 Å². The van der Waals surface area contributed by atoms with Gasteiger partial charge in [0.1, 0.15) is 10.6 Å². The molecule has 3 aromatic rings. The zero-order valence-electron chi connectivity index (χ0n) is 15.4. The summed E-state index contributed by atoms with van der Waals surface area (Å²) < 4.78 is 34.5. The molecule has 0 aliphatic rings. The second-order valence-electron chi connectivity index (χ2n) is 6.03. The minimum Gasteiger partial charge on any atom is -0.495 e. The molecule has 1 aromatic heterocycles. The molecule has 6 nitrogen and oxygen atoms in total. The number of hydrogen-bond acceptors (Lipinski definition) is 5. The Hall–Kier alpha value is -2.68. The van der Waals surface area contributed by atoms with Crippen LogP contribution in [-0.4, -0.2) is 21.4 Å². The summed E-state index contributed by atoms with van der Waals surface area (Å²) in [4.78, 5) is 12.2. The highest BCUT2D eigenvalue weighted by Crippen LogP contribution is 2.31. The van der Waals surface area contributed by atoms with Gasteiger partial charge in [0.25, 0.3) is 0 Å². The third-order valence-electron chi connectivity index (χ3n) is 4.01. The maximum Gasteiger partial charge on any atom is 0.245 e. The first-order valence-electron chi connectivity index (χ1n) is 8.47. The molecule has 0 fully saturated rings. The zero-order chi connectivity index (χ0) is 20.1. The number of benzene rings is 2. The molecule has 2 N–H and O–H groups in total. The number of carbonyl (C=O) groups excluding carboxylic acids is 1. The molecule has 0 saturated carbocycles. The number of carbonyl (C=O) groups is 1. The summed E-state index contributed by atoms with van der Waals surface area (Å²) in [6.45, 7) is 1.36. The molecule has 3 rings (SSSR count). The van der Waals surface area contributed by atoms with Crippen LogP contribution in [0.1, 0.15) is 23.4 Å². The van der Waals surface area contributed by atoms with E-state index < -0.39 is 16.1 Å². The smallest absolute Gasteiger partial charge is 0.245 e. The summed E-state index contributed by atoms with van der Waals surface area (Å²) in [7, 11) is -2.55. The molecule has 0 saturated heterocycles. The lowest BCUT2D eigenvalue weighted by Gasteiger charge is -2.19. The van der Waals surface area contributed by atoms with Gasteiger partial charge in [-0.25, -0.2) is 8.42 Å². The van der Waals surface area contributed by atoms with Gasteiger partial charge in [-0.05, 0) is 35.2 Å². The first-order chi connectivity index (χ1) is 13.4. The first kappa shape index (κ1) is 20.1. The van der Waals surface area contributed by atoms with Crippen LogP contribution in [0.4, 0.5) is 5.69 Å². The van der Waals surface area contributed by atoms with Crippen LogP contribution in [0.25, 0.3) is 0 Å². The van der Waals surface area contributed by atoms with Gasteiger partial charge in [-0.3, -0.25) is 4.79 Å². The Morgan fingerprint density at radius 1 is 1.07 bits per heavy atom. The van der Waals surface area contributed by atoms with E-state index in [0.29, 0.717) is 5.69 Å². The van der Waals surface area contributed by atoms with Crippen LogP contribution in [0.3, 0.4) is 0 Å². The van der Waals surface area contributed by atoms with Crippen molar-refractivity contribution >= 4 is 33.0 Å². The Kier molecular flexibility index (Phi) is 6.13. The summed E-state index contributed by atoms with van der Waals surface area (Å²) in [6, 6.07) is 17.1. The number of nitrogens with one attached hydrogen (secondary N) is 2. The molecule has 0 spiro atoms. The van der Waals surface area contributed by atoms with Crippen LogP contribution >= 0.6 is 11.3 Å². The van der Waals surface area contributed by atoms with Gasteiger partial charge >= 0.3 is 0 Å². The van der Waals surface area contributed by atoms with Crippen LogP contribution in [0.15, 0.2) is 70.9 Å². The second-order valence-corrected chi connectivity index (χ2v) is 8.69. The largest absolute Gasteiger partial charge is 0.495 e. The third kappa shape index (κ3) is 4.59. The highest BCUT2D eigenvalue weighted by Gasteiger charge is 2.26. The van der Waals surface area contributed by atoms with Crippen molar-refractivity contribution in [1.82, 2.24) is 4.72 Å². The summed E-state index contributed by atoms with van der Waals surface area (Å²) >= 11 is 1.47.